The molecule has 0 aromatic heterocycles. The standard InChI is InChI=1S/C20H22F6N2O/c1-18(2,13-27-29)15-5-8-28(9-6-15)7-3-4-14-10-16(19(21,22)23)12-17(11-14)20(24,25)26/h10-13,15,29H,5-9H2,1-2H3. The summed E-state index contributed by atoms with van der Waals surface area (Å²) in [5, 5.41) is 11.9. The number of benzene rings is 1. The lowest BCUT2D eigenvalue weighted by atomic mass is 9.74. The second kappa shape index (κ2) is 8.66. The van der Waals surface area contributed by atoms with Gasteiger partial charge in [0.1, 0.15) is 0 Å². The van der Waals surface area contributed by atoms with E-state index in [-0.39, 0.29) is 23.6 Å². The molecule has 9 heteroatoms. The molecule has 1 N–H and O–H groups in total. The Bertz CT molecular complexity index is 762. The van der Waals surface area contributed by atoms with E-state index < -0.39 is 23.5 Å². The van der Waals surface area contributed by atoms with Gasteiger partial charge in [0.15, 0.2) is 0 Å². The van der Waals surface area contributed by atoms with Crippen molar-refractivity contribution >= 4 is 6.21 Å². The Hall–Kier alpha value is -2.21. The minimum Gasteiger partial charge on any atom is -0.411 e. The van der Waals surface area contributed by atoms with Crippen LogP contribution in [0.15, 0.2) is 23.4 Å². The zero-order chi connectivity index (χ0) is 21.9. The molecule has 1 aliphatic heterocycles. The average molecular weight is 420 g/mol. The summed E-state index contributed by atoms with van der Waals surface area (Å²) in [5.74, 6) is 5.42. The number of hydrogen-bond donors (Lipinski definition) is 1. The van der Waals surface area contributed by atoms with E-state index in [1.807, 2.05) is 18.7 Å². The zero-order valence-corrected chi connectivity index (χ0v) is 16.0. The summed E-state index contributed by atoms with van der Waals surface area (Å²) in [4.78, 5) is 1.99. The van der Waals surface area contributed by atoms with Gasteiger partial charge in [-0.3, -0.25) is 4.90 Å². The summed E-state index contributed by atoms with van der Waals surface area (Å²) >= 11 is 0. The minimum absolute atomic E-state index is 0.0907. The van der Waals surface area contributed by atoms with Crippen molar-refractivity contribution in [3.63, 3.8) is 0 Å². The lowest BCUT2D eigenvalue weighted by molar-refractivity contribution is -0.143. The van der Waals surface area contributed by atoms with Crippen LogP contribution >= 0.6 is 0 Å². The van der Waals surface area contributed by atoms with E-state index in [4.69, 9.17) is 5.21 Å². The molecule has 1 aliphatic rings. The van der Waals surface area contributed by atoms with Gasteiger partial charge in [-0.25, -0.2) is 0 Å². The van der Waals surface area contributed by atoms with Crippen molar-refractivity contribution in [2.75, 3.05) is 19.6 Å². The van der Waals surface area contributed by atoms with Crippen LogP contribution in [0.1, 0.15) is 43.4 Å². The van der Waals surface area contributed by atoms with E-state index in [0.717, 1.165) is 12.8 Å². The Labute approximate surface area is 165 Å². The maximum atomic E-state index is 12.9. The number of likely N-dealkylation sites (tertiary alicyclic amines) is 1. The van der Waals surface area contributed by atoms with E-state index in [1.165, 1.54) is 6.21 Å². The summed E-state index contributed by atoms with van der Waals surface area (Å²) in [7, 11) is 0. The second-order valence-electron chi connectivity index (χ2n) is 7.71. The quantitative estimate of drug-likeness (QED) is 0.238. The highest BCUT2D eigenvalue weighted by Crippen LogP contribution is 2.36. The Balaban J connectivity index is 2.07. The van der Waals surface area contributed by atoms with Gasteiger partial charge < -0.3 is 5.21 Å². The summed E-state index contributed by atoms with van der Waals surface area (Å²) in [6, 6.07) is 1.35. The molecule has 0 aliphatic carbocycles. The summed E-state index contributed by atoms with van der Waals surface area (Å²) < 4.78 is 77.3. The highest BCUT2D eigenvalue weighted by Gasteiger charge is 2.37. The lowest BCUT2D eigenvalue weighted by Crippen LogP contribution is -2.39. The van der Waals surface area contributed by atoms with Gasteiger partial charge in [-0.1, -0.05) is 25.7 Å². The van der Waals surface area contributed by atoms with Gasteiger partial charge >= 0.3 is 12.4 Å². The van der Waals surface area contributed by atoms with Crippen molar-refractivity contribution in [2.45, 2.75) is 39.0 Å². The molecular weight excluding hydrogens is 398 g/mol. The van der Waals surface area contributed by atoms with Crippen LogP contribution in [-0.2, 0) is 12.4 Å². The molecule has 0 bridgehead atoms. The van der Waals surface area contributed by atoms with Crippen molar-refractivity contribution in [1.82, 2.24) is 4.90 Å². The van der Waals surface area contributed by atoms with Gasteiger partial charge in [0.2, 0.25) is 0 Å². The Morgan fingerprint density at radius 2 is 1.55 bits per heavy atom. The molecule has 0 radical (unpaired) electrons. The maximum Gasteiger partial charge on any atom is 0.416 e. The van der Waals surface area contributed by atoms with Gasteiger partial charge in [0.25, 0.3) is 0 Å². The predicted octanol–water partition coefficient (Wildman–Crippen LogP) is 5.27. The first-order valence-electron chi connectivity index (χ1n) is 9.02. The molecule has 1 saturated heterocycles. The maximum absolute atomic E-state index is 12.9. The molecule has 0 unspecified atom stereocenters. The molecule has 1 aromatic rings. The smallest absolute Gasteiger partial charge is 0.411 e. The topological polar surface area (TPSA) is 35.8 Å². The molecule has 0 amide bonds. The number of alkyl halides is 6. The molecule has 29 heavy (non-hydrogen) atoms. The summed E-state index contributed by atoms with van der Waals surface area (Å²) in [6.45, 7) is 5.58. The average Bonchev–Trinajstić information content (AvgIpc) is 2.60. The number of nitrogens with zero attached hydrogens (tertiary/aromatic N) is 2. The van der Waals surface area contributed by atoms with E-state index in [9.17, 15) is 26.3 Å². The van der Waals surface area contributed by atoms with Crippen LogP contribution in [0.3, 0.4) is 0 Å². The fourth-order valence-electron chi connectivity index (χ4n) is 3.37. The highest BCUT2D eigenvalue weighted by molar-refractivity contribution is 5.64. The van der Waals surface area contributed by atoms with Crippen LogP contribution < -0.4 is 0 Å². The fraction of sp³-hybridized carbons (Fsp3) is 0.550. The van der Waals surface area contributed by atoms with Gasteiger partial charge in [-0.05, 0) is 50.0 Å². The van der Waals surface area contributed by atoms with Crippen molar-refractivity contribution in [3.8, 4) is 11.8 Å². The normalized spacial score (nSPS) is 17.4. The first kappa shape index (κ1) is 23.1. The van der Waals surface area contributed by atoms with Crippen molar-refractivity contribution in [1.29, 1.82) is 0 Å². The Morgan fingerprint density at radius 1 is 1.03 bits per heavy atom. The molecule has 160 valence electrons. The van der Waals surface area contributed by atoms with E-state index in [2.05, 4.69) is 17.0 Å². The predicted molar refractivity (Wildman–Crippen MR) is 96.5 cm³/mol. The SMILES string of the molecule is CC(C)(C=NO)C1CCN(CC#Cc2cc(C(F)(F)F)cc(C(F)(F)F)c2)CC1. The number of oxime groups is 1. The lowest BCUT2D eigenvalue weighted by Gasteiger charge is -2.37. The molecule has 1 fully saturated rings. The van der Waals surface area contributed by atoms with Gasteiger partial charge in [-0.2, -0.15) is 26.3 Å². The second-order valence-corrected chi connectivity index (χ2v) is 7.71. The van der Waals surface area contributed by atoms with E-state index in [1.54, 1.807) is 0 Å². The van der Waals surface area contributed by atoms with Gasteiger partial charge in [-0.15, -0.1) is 5.16 Å². The number of hydrogen-bond acceptors (Lipinski definition) is 3. The zero-order valence-electron chi connectivity index (χ0n) is 16.0. The van der Waals surface area contributed by atoms with Crippen molar-refractivity contribution < 1.29 is 31.5 Å². The highest BCUT2D eigenvalue weighted by atomic mass is 19.4. The monoisotopic (exact) mass is 420 g/mol. The van der Waals surface area contributed by atoms with Crippen LogP contribution in [0.25, 0.3) is 0 Å². The first-order valence-corrected chi connectivity index (χ1v) is 9.02. The van der Waals surface area contributed by atoms with Gasteiger partial charge in [0.05, 0.1) is 17.7 Å². The van der Waals surface area contributed by atoms with E-state index >= 15 is 0 Å². The van der Waals surface area contributed by atoms with Crippen LogP contribution in [-0.4, -0.2) is 36.0 Å². The van der Waals surface area contributed by atoms with Crippen molar-refractivity contribution in [2.24, 2.45) is 16.5 Å². The largest absolute Gasteiger partial charge is 0.416 e. The molecule has 0 atom stereocenters. The molecule has 0 saturated carbocycles. The third kappa shape index (κ3) is 6.39. The first-order chi connectivity index (χ1) is 13.3. The van der Waals surface area contributed by atoms with Crippen LogP contribution in [0, 0.1) is 23.2 Å². The third-order valence-electron chi connectivity index (χ3n) is 5.15. The number of rotatable bonds is 3. The number of piperidine rings is 1. The Morgan fingerprint density at radius 3 is 2.00 bits per heavy atom. The van der Waals surface area contributed by atoms with Gasteiger partial charge in [0, 0.05) is 17.2 Å². The van der Waals surface area contributed by atoms with Crippen LogP contribution in [0.5, 0.6) is 0 Å². The third-order valence-corrected chi connectivity index (χ3v) is 5.15. The summed E-state index contributed by atoms with van der Waals surface area (Å²) in [6.07, 6.45) is -6.63. The molecule has 1 heterocycles. The summed E-state index contributed by atoms with van der Waals surface area (Å²) in [5.41, 5.74) is -3.32. The Kier molecular flexibility index (Phi) is 6.89. The number of halogens is 6. The van der Waals surface area contributed by atoms with Crippen LogP contribution in [0.2, 0.25) is 0 Å². The van der Waals surface area contributed by atoms with Crippen LogP contribution in [0.4, 0.5) is 26.3 Å². The molecule has 0 spiro atoms. The molecule has 3 nitrogen and oxygen atoms in total. The fourth-order valence-corrected chi connectivity index (χ4v) is 3.37. The molecular formula is C20H22F6N2O. The molecule has 2 rings (SSSR count). The van der Waals surface area contributed by atoms with Crippen molar-refractivity contribution in [3.05, 3.63) is 34.9 Å². The minimum atomic E-state index is -4.88. The van der Waals surface area contributed by atoms with E-state index in [0.29, 0.717) is 31.1 Å². The molecule has 1 aromatic carbocycles.